The first-order valence-electron chi connectivity index (χ1n) is 5.78. The molecule has 0 aliphatic rings. The molecule has 0 aliphatic carbocycles. The largest absolute Gasteiger partial charge is 0.459 e. The smallest absolute Gasteiger partial charge is 0.287 e. The van der Waals surface area contributed by atoms with Gasteiger partial charge in [-0.2, -0.15) is 0 Å². The Kier molecular flexibility index (Phi) is 3.37. The van der Waals surface area contributed by atoms with Crippen LogP contribution in [0, 0.1) is 6.92 Å². The molecule has 0 spiro atoms. The van der Waals surface area contributed by atoms with Crippen LogP contribution in [0.2, 0.25) is 0 Å². The summed E-state index contributed by atoms with van der Waals surface area (Å²) >= 11 is 0. The maximum absolute atomic E-state index is 11.9. The van der Waals surface area contributed by atoms with Gasteiger partial charge in [-0.25, -0.2) is 0 Å². The quantitative estimate of drug-likeness (QED) is 0.815. The molecule has 2 rings (SSSR count). The molecule has 2 aromatic rings. The molecule has 0 fully saturated rings. The van der Waals surface area contributed by atoms with Gasteiger partial charge in [0.1, 0.15) is 0 Å². The fourth-order valence-electron chi connectivity index (χ4n) is 1.74. The molecule has 1 aromatic heterocycles. The van der Waals surface area contributed by atoms with E-state index in [0.717, 1.165) is 11.1 Å². The lowest BCUT2D eigenvalue weighted by Gasteiger charge is -2.13. The fraction of sp³-hybridized carbons (Fsp3) is 0.214. The van der Waals surface area contributed by atoms with Gasteiger partial charge in [-0.1, -0.05) is 12.1 Å². The fourth-order valence-corrected chi connectivity index (χ4v) is 1.74. The number of furan rings is 1. The number of carbonyl (C=O) groups excluding carboxylic acids is 1. The average molecular weight is 244 g/mol. The first-order chi connectivity index (χ1) is 8.58. The first kappa shape index (κ1) is 12.2. The van der Waals surface area contributed by atoms with Crippen LogP contribution in [0.1, 0.15) is 34.6 Å². The lowest BCUT2D eigenvalue weighted by Crippen LogP contribution is -2.26. The van der Waals surface area contributed by atoms with Crippen molar-refractivity contribution in [3.05, 3.63) is 53.5 Å². The van der Waals surface area contributed by atoms with Crippen LogP contribution in [0.5, 0.6) is 0 Å². The number of hydrogen-bond acceptors (Lipinski definition) is 3. The Morgan fingerprint density at radius 2 is 1.94 bits per heavy atom. The third-order valence-corrected chi connectivity index (χ3v) is 2.85. The summed E-state index contributed by atoms with van der Waals surface area (Å²) in [6, 6.07) is 9.10. The Labute approximate surface area is 106 Å². The molecule has 18 heavy (non-hydrogen) atoms. The molecular weight excluding hydrogens is 228 g/mol. The third kappa shape index (κ3) is 2.53. The third-order valence-electron chi connectivity index (χ3n) is 2.85. The van der Waals surface area contributed by atoms with Crippen LogP contribution in [0.3, 0.4) is 0 Å². The first-order valence-corrected chi connectivity index (χ1v) is 5.78. The summed E-state index contributed by atoms with van der Waals surface area (Å²) in [5.41, 5.74) is 8.16. The summed E-state index contributed by atoms with van der Waals surface area (Å²) in [7, 11) is 0. The van der Waals surface area contributed by atoms with Crippen LogP contribution < -0.4 is 11.1 Å². The van der Waals surface area contributed by atoms with Gasteiger partial charge < -0.3 is 15.5 Å². The Morgan fingerprint density at radius 1 is 1.28 bits per heavy atom. The van der Waals surface area contributed by atoms with Gasteiger partial charge in [-0.3, -0.25) is 4.79 Å². The SMILES string of the molecule is Cc1ccoc1C(=O)NC(C)c1ccc(N)cc1. The maximum atomic E-state index is 11.9. The minimum atomic E-state index is -0.207. The number of rotatable bonds is 3. The van der Waals surface area contributed by atoms with Crippen LogP contribution >= 0.6 is 0 Å². The molecule has 94 valence electrons. The van der Waals surface area contributed by atoms with Crippen molar-refractivity contribution in [1.29, 1.82) is 0 Å². The van der Waals surface area contributed by atoms with E-state index >= 15 is 0 Å². The number of amides is 1. The zero-order chi connectivity index (χ0) is 13.1. The van der Waals surface area contributed by atoms with E-state index in [1.54, 1.807) is 6.07 Å². The minimum Gasteiger partial charge on any atom is -0.459 e. The Morgan fingerprint density at radius 3 is 2.50 bits per heavy atom. The standard InChI is InChI=1S/C14H16N2O2/c1-9-7-8-18-13(9)14(17)16-10(2)11-3-5-12(15)6-4-11/h3-8,10H,15H2,1-2H3,(H,16,17). The highest BCUT2D eigenvalue weighted by atomic mass is 16.3. The summed E-state index contributed by atoms with van der Waals surface area (Å²) in [5, 5.41) is 2.89. The van der Waals surface area contributed by atoms with E-state index in [-0.39, 0.29) is 11.9 Å². The van der Waals surface area contributed by atoms with Crippen molar-refractivity contribution in [3.63, 3.8) is 0 Å². The highest BCUT2D eigenvalue weighted by Gasteiger charge is 2.15. The lowest BCUT2D eigenvalue weighted by molar-refractivity contribution is 0.0911. The van der Waals surface area contributed by atoms with Crippen molar-refractivity contribution in [1.82, 2.24) is 5.32 Å². The predicted molar refractivity (Wildman–Crippen MR) is 70.2 cm³/mol. The molecule has 4 heteroatoms. The van der Waals surface area contributed by atoms with E-state index < -0.39 is 0 Å². The lowest BCUT2D eigenvalue weighted by atomic mass is 10.1. The van der Waals surface area contributed by atoms with Crippen LogP contribution in [0.4, 0.5) is 5.69 Å². The molecule has 1 unspecified atom stereocenters. The molecule has 0 saturated heterocycles. The molecule has 3 N–H and O–H groups in total. The van der Waals surface area contributed by atoms with Crippen molar-refractivity contribution in [2.45, 2.75) is 19.9 Å². The van der Waals surface area contributed by atoms with Crippen molar-refractivity contribution >= 4 is 11.6 Å². The van der Waals surface area contributed by atoms with Gasteiger partial charge in [-0.05, 0) is 37.6 Å². The number of hydrogen-bond donors (Lipinski definition) is 2. The van der Waals surface area contributed by atoms with E-state index in [0.29, 0.717) is 11.4 Å². The molecule has 0 aliphatic heterocycles. The van der Waals surface area contributed by atoms with E-state index in [2.05, 4.69) is 5.32 Å². The number of nitrogen functional groups attached to an aromatic ring is 1. The number of nitrogens with two attached hydrogens (primary N) is 1. The number of anilines is 1. The normalized spacial score (nSPS) is 12.1. The molecular formula is C14H16N2O2. The van der Waals surface area contributed by atoms with Crippen LogP contribution in [-0.4, -0.2) is 5.91 Å². The molecule has 1 atom stereocenters. The van der Waals surface area contributed by atoms with Gasteiger partial charge in [0.2, 0.25) is 0 Å². The molecule has 1 aromatic carbocycles. The van der Waals surface area contributed by atoms with E-state index in [4.69, 9.17) is 10.2 Å². The number of aryl methyl sites for hydroxylation is 1. The van der Waals surface area contributed by atoms with Crippen molar-refractivity contribution in [2.75, 3.05) is 5.73 Å². The summed E-state index contributed by atoms with van der Waals surface area (Å²) in [5.74, 6) is 0.152. The van der Waals surface area contributed by atoms with Gasteiger partial charge in [0, 0.05) is 11.3 Å². The van der Waals surface area contributed by atoms with Crippen LogP contribution in [0.15, 0.2) is 41.0 Å². The second kappa shape index (κ2) is 4.96. The monoisotopic (exact) mass is 244 g/mol. The van der Waals surface area contributed by atoms with Gasteiger partial charge in [-0.15, -0.1) is 0 Å². The molecule has 0 saturated carbocycles. The summed E-state index contributed by atoms with van der Waals surface area (Å²) < 4.78 is 5.15. The summed E-state index contributed by atoms with van der Waals surface area (Å²) in [4.78, 5) is 11.9. The zero-order valence-corrected chi connectivity index (χ0v) is 10.4. The molecule has 1 heterocycles. The minimum absolute atomic E-state index is 0.0948. The second-order valence-electron chi connectivity index (χ2n) is 4.29. The van der Waals surface area contributed by atoms with E-state index in [1.165, 1.54) is 6.26 Å². The van der Waals surface area contributed by atoms with Crippen LogP contribution in [0.25, 0.3) is 0 Å². The van der Waals surface area contributed by atoms with Crippen molar-refractivity contribution < 1.29 is 9.21 Å². The van der Waals surface area contributed by atoms with Gasteiger partial charge in [0.05, 0.1) is 12.3 Å². The van der Waals surface area contributed by atoms with Crippen molar-refractivity contribution in [2.24, 2.45) is 0 Å². The van der Waals surface area contributed by atoms with Gasteiger partial charge in [0.15, 0.2) is 5.76 Å². The molecule has 1 amide bonds. The maximum Gasteiger partial charge on any atom is 0.287 e. The average Bonchev–Trinajstić information content (AvgIpc) is 2.76. The zero-order valence-electron chi connectivity index (χ0n) is 10.4. The van der Waals surface area contributed by atoms with Gasteiger partial charge in [0.25, 0.3) is 5.91 Å². The second-order valence-corrected chi connectivity index (χ2v) is 4.29. The molecule has 0 radical (unpaired) electrons. The number of benzene rings is 1. The topological polar surface area (TPSA) is 68.3 Å². The van der Waals surface area contributed by atoms with E-state index in [9.17, 15) is 4.79 Å². The molecule has 0 bridgehead atoms. The highest BCUT2D eigenvalue weighted by molar-refractivity contribution is 5.93. The summed E-state index contributed by atoms with van der Waals surface area (Å²) in [6.45, 7) is 3.76. The predicted octanol–water partition coefficient (Wildman–Crippen LogP) is 2.66. The summed E-state index contributed by atoms with van der Waals surface area (Å²) in [6.07, 6.45) is 1.51. The Hall–Kier alpha value is -2.23. The Bertz CT molecular complexity index is 543. The molecule has 4 nitrogen and oxygen atoms in total. The number of nitrogens with one attached hydrogen (secondary N) is 1. The van der Waals surface area contributed by atoms with Crippen molar-refractivity contribution in [3.8, 4) is 0 Å². The van der Waals surface area contributed by atoms with Crippen LogP contribution in [-0.2, 0) is 0 Å². The van der Waals surface area contributed by atoms with Gasteiger partial charge >= 0.3 is 0 Å². The Balaban J connectivity index is 2.08. The highest BCUT2D eigenvalue weighted by Crippen LogP contribution is 2.16. The van der Waals surface area contributed by atoms with E-state index in [1.807, 2.05) is 38.1 Å². The number of carbonyl (C=O) groups is 1.